The number of carbonyl (C=O) groups is 1. The minimum absolute atomic E-state index is 0.0226. The Morgan fingerprint density at radius 3 is 2.71 bits per heavy atom. The van der Waals surface area contributed by atoms with Crippen LogP contribution in [-0.2, 0) is 4.74 Å². The number of rotatable bonds is 4. The fourth-order valence-electron chi connectivity index (χ4n) is 1.74. The standard InChI is InChI=1S/C15H13ClN2O3/c1-3-8-21-15(20)14-13(19)9-10(2)18(17-14)12-6-4-11(16)5-7-12/h3-7,9H,1,8H2,2H3. The van der Waals surface area contributed by atoms with Gasteiger partial charge in [-0.15, -0.1) is 0 Å². The Balaban J connectivity index is 2.48. The SMILES string of the molecule is C=CCOC(=O)c1nn(-c2ccc(Cl)cc2)c(C)cc1=O. The summed E-state index contributed by atoms with van der Waals surface area (Å²) in [7, 11) is 0. The number of hydrogen-bond acceptors (Lipinski definition) is 4. The van der Waals surface area contributed by atoms with Crippen molar-refractivity contribution >= 4 is 17.6 Å². The van der Waals surface area contributed by atoms with Gasteiger partial charge in [0.2, 0.25) is 11.1 Å². The average molecular weight is 305 g/mol. The zero-order valence-corrected chi connectivity index (χ0v) is 12.1. The second-order valence-electron chi connectivity index (χ2n) is 4.27. The lowest BCUT2D eigenvalue weighted by Crippen LogP contribution is -2.24. The summed E-state index contributed by atoms with van der Waals surface area (Å²) >= 11 is 5.84. The van der Waals surface area contributed by atoms with Crippen LogP contribution in [0.15, 0.2) is 47.8 Å². The number of aryl methyl sites for hydroxylation is 1. The Morgan fingerprint density at radius 1 is 1.43 bits per heavy atom. The number of halogens is 1. The van der Waals surface area contributed by atoms with Crippen LogP contribution in [0.1, 0.15) is 16.2 Å². The van der Waals surface area contributed by atoms with Crippen molar-refractivity contribution < 1.29 is 9.53 Å². The molecule has 0 unspecified atom stereocenters. The van der Waals surface area contributed by atoms with Crippen LogP contribution in [0.4, 0.5) is 0 Å². The Labute approximate surface area is 126 Å². The summed E-state index contributed by atoms with van der Waals surface area (Å²) in [6.45, 7) is 5.19. The zero-order chi connectivity index (χ0) is 15.4. The topological polar surface area (TPSA) is 61.2 Å². The number of nitrogens with zero attached hydrogens (tertiary/aromatic N) is 2. The predicted octanol–water partition coefficient (Wildman–Crippen LogP) is 2.54. The third-order valence-corrected chi connectivity index (χ3v) is 2.96. The molecule has 108 valence electrons. The highest BCUT2D eigenvalue weighted by atomic mass is 35.5. The van der Waals surface area contributed by atoms with Crippen molar-refractivity contribution in [3.05, 3.63) is 69.6 Å². The van der Waals surface area contributed by atoms with Crippen molar-refractivity contribution in [2.45, 2.75) is 6.92 Å². The van der Waals surface area contributed by atoms with Crippen LogP contribution in [0.5, 0.6) is 0 Å². The monoisotopic (exact) mass is 304 g/mol. The fourth-order valence-corrected chi connectivity index (χ4v) is 1.86. The molecule has 0 N–H and O–H groups in total. The number of benzene rings is 1. The lowest BCUT2D eigenvalue weighted by molar-refractivity contribution is 0.0539. The van der Waals surface area contributed by atoms with Crippen LogP contribution in [0.25, 0.3) is 5.69 Å². The molecule has 0 radical (unpaired) electrons. The van der Waals surface area contributed by atoms with E-state index in [1.54, 1.807) is 31.2 Å². The van der Waals surface area contributed by atoms with Gasteiger partial charge in [-0.2, -0.15) is 5.10 Å². The van der Waals surface area contributed by atoms with Gasteiger partial charge in [0.05, 0.1) is 5.69 Å². The minimum atomic E-state index is -0.775. The van der Waals surface area contributed by atoms with Crippen LogP contribution < -0.4 is 5.43 Å². The van der Waals surface area contributed by atoms with Crippen molar-refractivity contribution in [1.82, 2.24) is 9.78 Å². The summed E-state index contributed by atoms with van der Waals surface area (Å²) in [5.41, 5.74) is 0.543. The van der Waals surface area contributed by atoms with Gasteiger partial charge in [-0.1, -0.05) is 24.3 Å². The van der Waals surface area contributed by atoms with Gasteiger partial charge < -0.3 is 4.74 Å². The first-order valence-corrected chi connectivity index (χ1v) is 6.55. The van der Waals surface area contributed by atoms with Gasteiger partial charge in [0.15, 0.2) is 0 Å². The maximum Gasteiger partial charge on any atom is 0.363 e. The van der Waals surface area contributed by atoms with Gasteiger partial charge in [0, 0.05) is 16.8 Å². The quantitative estimate of drug-likeness (QED) is 0.643. The molecule has 2 rings (SSSR count). The summed E-state index contributed by atoms with van der Waals surface area (Å²) in [4.78, 5) is 23.7. The summed E-state index contributed by atoms with van der Waals surface area (Å²) in [5.74, 6) is -0.775. The first kappa shape index (κ1) is 15.0. The molecule has 0 saturated carbocycles. The van der Waals surface area contributed by atoms with E-state index in [4.69, 9.17) is 16.3 Å². The Morgan fingerprint density at radius 2 is 2.10 bits per heavy atom. The van der Waals surface area contributed by atoms with E-state index in [9.17, 15) is 9.59 Å². The molecule has 0 aliphatic heterocycles. The van der Waals surface area contributed by atoms with Crippen LogP contribution in [0.2, 0.25) is 5.02 Å². The third-order valence-electron chi connectivity index (χ3n) is 2.70. The van der Waals surface area contributed by atoms with E-state index < -0.39 is 11.4 Å². The van der Waals surface area contributed by atoms with E-state index in [-0.39, 0.29) is 12.3 Å². The lowest BCUT2D eigenvalue weighted by atomic mass is 10.3. The highest BCUT2D eigenvalue weighted by Crippen LogP contribution is 2.13. The lowest BCUT2D eigenvalue weighted by Gasteiger charge is -2.10. The van der Waals surface area contributed by atoms with Gasteiger partial charge in [0.25, 0.3) is 0 Å². The highest BCUT2D eigenvalue weighted by Gasteiger charge is 2.16. The predicted molar refractivity (Wildman–Crippen MR) is 80.1 cm³/mol. The molecule has 1 aromatic carbocycles. The Hall–Kier alpha value is -2.40. The molecule has 0 fully saturated rings. The molecular formula is C15H13ClN2O3. The molecule has 0 amide bonds. The maximum atomic E-state index is 11.9. The van der Waals surface area contributed by atoms with E-state index in [0.717, 1.165) is 0 Å². The fraction of sp³-hybridized carbons (Fsp3) is 0.133. The normalized spacial score (nSPS) is 10.2. The number of aromatic nitrogens is 2. The zero-order valence-electron chi connectivity index (χ0n) is 11.4. The van der Waals surface area contributed by atoms with Crippen molar-refractivity contribution in [1.29, 1.82) is 0 Å². The molecule has 0 aliphatic rings. The smallest absolute Gasteiger partial charge is 0.363 e. The molecular weight excluding hydrogens is 292 g/mol. The molecule has 21 heavy (non-hydrogen) atoms. The van der Waals surface area contributed by atoms with Crippen LogP contribution in [-0.4, -0.2) is 22.4 Å². The molecule has 5 nitrogen and oxygen atoms in total. The summed E-state index contributed by atoms with van der Waals surface area (Å²) in [5, 5.41) is 4.66. The van der Waals surface area contributed by atoms with Gasteiger partial charge in [-0.3, -0.25) is 4.79 Å². The van der Waals surface area contributed by atoms with E-state index in [1.165, 1.54) is 16.8 Å². The van der Waals surface area contributed by atoms with Crippen molar-refractivity contribution in [2.24, 2.45) is 0 Å². The molecule has 6 heteroatoms. The van der Waals surface area contributed by atoms with E-state index in [2.05, 4.69) is 11.7 Å². The number of carbonyl (C=O) groups excluding carboxylic acids is 1. The summed E-state index contributed by atoms with van der Waals surface area (Å²) < 4.78 is 6.34. The Kier molecular flexibility index (Phi) is 4.55. The molecule has 2 aromatic rings. The Bertz CT molecular complexity index is 736. The van der Waals surface area contributed by atoms with Crippen LogP contribution in [0.3, 0.4) is 0 Å². The second-order valence-corrected chi connectivity index (χ2v) is 4.71. The molecule has 0 atom stereocenters. The van der Waals surface area contributed by atoms with Gasteiger partial charge in [-0.05, 0) is 31.2 Å². The van der Waals surface area contributed by atoms with Gasteiger partial charge >= 0.3 is 5.97 Å². The van der Waals surface area contributed by atoms with E-state index in [0.29, 0.717) is 16.4 Å². The van der Waals surface area contributed by atoms with Crippen molar-refractivity contribution in [3.63, 3.8) is 0 Å². The number of ether oxygens (including phenoxy) is 1. The van der Waals surface area contributed by atoms with Gasteiger partial charge in [0.1, 0.15) is 6.61 Å². The second kappa shape index (κ2) is 6.37. The van der Waals surface area contributed by atoms with E-state index in [1.807, 2.05) is 0 Å². The van der Waals surface area contributed by atoms with Gasteiger partial charge in [-0.25, -0.2) is 9.48 Å². The summed E-state index contributed by atoms with van der Waals surface area (Å²) in [6.07, 6.45) is 1.42. The first-order valence-electron chi connectivity index (χ1n) is 6.18. The molecule has 0 saturated heterocycles. The van der Waals surface area contributed by atoms with Crippen molar-refractivity contribution in [3.8, 4) is 5.69 Å². The molecule has 1 aromatic heterocycles. The molecule has 0 bridgehead atoms. The molecule has 0 spiro atoms. The average Bonchev–Trinajstić information content (AvgIpc) is 2.46. The summed E-state index contributed by atoms with van der Waals surface area (Å²) in [6, 6.07) is 8.22. The van der Waals surface area contributed by atoms with Crippen LogP contribution >= 0.6 is 11.6 Å². The van der Waals surface area contributed by atoms with Crippen molar-refractivity contribution in [2.75, 3.05) is 6.61 Å². The number of hydrogen-bond donors (Lipinski definition) is 0. The molecule has 1 heterocycles. The molecule has 0 aliphatic carbocycles. The van der Waals surface area contributed by atoms with Crippen LogP contribution in [0, 0.1) is 6.92 Å². The maximum absolute atomic E-state index is 11.9. The number of esters is 1. The highest BCUT2D eigenvalue weighted by molar-refractivity contribution is 6.30. The minimum Gasteiger partial charge on any atom is -0.457 e. The van der Waals surface area contributed by atoms with E-state index >= 15 is 0 Å². The third kappa shape index (κ3) is 3.38. The first-order chi connectivity index (χ1) is 10.0. The largest absolute Gasteiger partial charge is 0.457 e.